The molecular weight excluding hydrogens is 894 g/mol. The molecule has 10 heteroatoms. The van der Waals surface area contributed by atoms with E-state index in [1.54, 1.807) is 0 Å². The standard InChI is InChI=1S/C60H114NO8P/c1-6-8-10-12-14-16-18-20-21-22-23-24-25-26-27-28-29-30-31-32-33-34-35-36-37-38-39-41-42-44-46-48-50-52-59(62)66-56-58(57-68-70(64,65)67-55-54-61(3,4)5)69-60(63)53-51-49-47-45-43-40-19-17-15-13-11-9-7-2/h9,11,15,17,40,43,58H,6-8,10,12-14,16,18-39,41-42,44-57H2,1-5H3/p+1/b11-9-,17-15-,43-40-. The highest BCUT2D eigenvalue weighted by Gasteiger charge is 2.27. The lowest BCUT2D eigenvalue weighted by Crippen LogP contribution is -2.37. The van der Waals surface area contributed by atoms with Crippen LogP contribution in [-0.4, -0.2) is 74.9 Å². The lowest BCUT2D eigenvalue weighted by molar-refractivity contribution is -0.870. The van der Waals surface area contributed by atoms with Crippen molar-refractivity contribution in [3.05, 3.63) is 36.5 Å². The second-order valence-electron chi connectivity index (χ2n) is 21.4. The van der Waals surface area contributed by atoms with Crippen molar-refractivity contribution in [2.75, 3.05) is 47.5 Å². The van der Waals surface area contributed by atoms with E-state index in [0.29, 0.717) is 17.4 Å². The van der Waals surface area contributed by atoms with Gasteiger partial charge < -0.3 is 18.9 Å². The van der Waals surface area contributed by atoms with E-state index in [2.05, 4.69) is 50.3 Å². The Kier molecular flexibility index (Phi) is 50.8. The number of carbonyl (C=O) groups is 2. The van der Waals surface area contributed by atoms with Crippen molar-refractivity contribution in [3.63, 3.8) is 0 Å². The van der Waals surface area contributed by atoms with Crippen LogP contribution in [0.1, 0.15) is 284 Å². The molecule has 2 atom stereocenters. The first-order chi connectivity index (χ1) is 34.0. The Labute approximate surface area is 433 Å². The second-order valence-corrected chi connectivity index (χ2v) is 22.8. The number of unbranched alkanes of at least 4 members (excludes halogenated alkanes) is 35. The van der Waals surface area contributed by atoms with E-state index in [0.717, 1.165) is 57.8 Å². The molecule has 0 aromatic heterocycles. The summed E-state index contributed by atoms with van der Waals surface area (Å²) < 4.78 is 34.4. The number of carbonyl (C=O) groups excluding carboxylic acids is 2. The molecule has 0 aliphatic heterocycles. The van der Waals surface area contributed by atoms with Crippen LogP contribution in [0.2, 0.25) is 0 Å². The molecule has 1 N–H and O–H groups in total. The van der Waals surface area contributed by atoms with Crippen LogP contribution < -0.4 is 0 Å². The van der Waals surface area contributed by atoms with Crippen LogP contribution in [0.25, 0.3) is 0 Å². The molecule has 0 saturated carbocycles. The minimum atomic E-state index is -4.39. The maximum atomic E-state index is 12.7. The molecule has 0 bridgehead atoms. The van der Waals surface area contributed by atoms with Gasteiger partial charge in [0, 0.05) is 12.8 Å². The van der Waals surface area contributed by atoms with Crippen molar-refractivity contribution in [3.8, 4) is 0 Å². The third kappa shape index (κ3) is 55.5. The molecule has 2 unspecified atom stereocenters. The van der Waals surface area contributed by atoms with Crippen molar-refractivity contribution in [2.45, 2.75) is 290 Å². The van der Waals surface area contributed by atoms with Gasteiger partial charge in [0.25, 0.3) is 0 Å². The number of nitrogens with zero attached hydrogens (tertiary/aromatic N) is 1. The average molecular weight is 1010 g/mol. The van der Waals surface area contributed by atoms with Gasteiger partial charge in [0.05, 0.1) is 27.7 Å². The van der Waals surface area contributed by atoms with Gasteiger partial charge in [0.15, 0.2) is 6.10 Å². The number of likely N-dealkylation sites (N-methyl/N-ethyl adjacent to an activating group) is 1. The number of phosphoric ester groups is 1. The average Bonchev–Trinajstić information content (AvgIpc) is 3.32. The third-order valence-electron chi connectivity index (χ3n) is 13.2. The lowest BCUT2D eigenvalue weighted by Gasteiger charge is -2.24. The monoisotopic (exact) mass is 1010 g/mol. The SMILES string of the molecule is CC/C=C\C/C=C\C/C=C\CCCCCC(=O)OC(COC(=O)CCCCCCCCCCCCCCCCCCCCCCCCCCCCCCCCCCC)COP(=O)(O)OCC[N+](C)(C)C. The number of hydrogen-bond donors (Lipinski definition) is 1. The number of ether oxygens (including phenoxy) is 2. The normalized spacial score (nSPS) is 13.5. The van der Waals surface area contributed by atoms with Crippen molar-refractivity contribution in [1.29, 1.82) is 0 Å². The minimum Gasteiger partial charge on any atom is -0.462 e. The Morgan fingerprint density at radius 1 is 0.457 bits per heavy atom. The molecule has 0 aliphatic carbocycles. The summed E-state index contributed by atoms with van der Waals surface area (Å²) >= 11 is 0. The highest BCUT2D eigenvalue weighted by atomic mass is 31.2. The fourth-order valence-electron chi connectivity index (χ4n) is 8.62. The second kappa shape index (κ2) is 52.1. The van der Waals surface area contributed by atoms with Crippen LogP contribution in [0, 0.1) is 0 Å². The summed E-state index contributed by atoms with van der Waals surface area (Å²) in [5.41, 5.74) is 0. The maximum Gasteiger partial charge on any atom is 0.472 e. The van der Waals surface area contributed by atoms with Crippen molar-refractivity contribution in [1.82, 2.24) is 0 Å². The van der Waals surface area contributed by atoms with Crippen molar-refractivity contribution in [2.24, 2.45) is 0 Å². The van der Waals surface area contributed by atoms with E-state index in [4.69, 9.17) is 18.5 Å². The van der Waals surface area contributed by atoms with Gasteiger partial charge in [-0.3, -0.25) is 18.6 Å². The lowest BCUT2D eigenvalue weighted by atomic mass is 10.0. The molecule has 412 valence electrons. The van der Waals surface area contributed by atoms with E-state index in [9.17, 15) is 19.0 Å². The van der Waals surface area contributed by atoms with Gasteiger partial charge in [-0.05, 0) is 44.9 Å². The van der Waals surface area contributed by atoms with Gasteiger partial charge in [-0.15, -0.1) is 0 Å². The fraction of sp³-hybridized carbons (Fsp3) is 0.867. The van der Waals surface area contributed by atoms with E-state index in [-0.39, 0.29) is 32.0 Å². The highest BCUT2D eigenvalue weighted by molar-refractivity contribution is 7.47. The summed E-state index contributed by atoms with van der Waals surface area (Å²) in [6.07, 6.45) is 64.0. The van der Waals surface area contributed by atoms with Gasteiger partial charge in [0.1, 0.15) is 19.8 Å². The Morgan fingerprint density at radius 3 is 1.21 bits per heavy atom. The number of allylic oxidation sites excluding steroid dienone is 6. The van der Waals surface area contributed by atoms with Crippen LogP contribution in [-0.2, 0) is 32.7 Å². The van der Waals surface area contributed by atoms with Gasteiger partial charge in [-0.2, -0.15) is 0 Å². The van der Waals surface area contributed by atoms with Crippen LogP contribution in [0.15, 0.2) is 36.5 Å². The first-order valence-corrected chi connectivity index (χ1v) is 31.2. The van der Waals surface area contributed by atoms with Gasteiger partial charge in [-0.25, -0.2) is 4.57 Å². The molecule has 0 heterocycles. The molecule has 0 fully saturated rings. The van der Waals surface area contributed by atoms with Gasteiger partial charge in [-0.1, -0.05) is 262 Å². The zero-order valence-electron chi connectivity index (χ0n) is 46.8. The summed E-state index contributed by atoms with van der Waals surface area (Å²) in [4.78, 5) is 35.6. The van der Waals surface area contributed by atoms with Crippen LogP contribution in [0.4, 0.5) is 0 Å². The molecule has 0 radical (unpaired) electrons. The number of quaternary nitrogens is 1. The third-order valence-corrected chi connectivity index (χ3v) is 14.2. The zero-order valence-corrected chi connectivity index (χ0v) is 47.7. The molecule has 0 spiro atoms. The predicted molar refractivity (Wildman–Crippen MR) is 298 cm³/mol. The first-order valence-electron chi connectivity index (χ1n) is 29.7. The van der Waals surface area contributed by atoms with Gasteiger partial charge in [0.2, 0.25) is 0 Å². The van der Waals surface area contributed by atoms with Crippen LogP contribution in [0.3, 0.4) is 0 Å². The minimum absolute atomic E-state index is 0.0268. The number of esters is 2. The summed E-state index contributed by atoms with van der Waals surface area (Å²) in [6.45, 7) is 4.31. The molecule has 0 amide bonds. The van der Waals surface area contributed by atoms with Crippen LogP contribution >= 0.6 is 7.82 Å². The maximum absolute atomic E-state index is 12.7. The number of phosphoric acid groups is 1. The van der Waals surface area contributed by atoms with E-state index in [1.807, 2.05) is 21.1 Å². The van der Waals surface area contributed by atoms with E-state index < -0.39 is 26.5 Å². The molecule has 0 aliphatic rings. The summed E-state index contributed by atoms with van der Waals surface area (Å²) in [5, 5.41) is 0. The summed E-state index contributed by atoms with van der Waals surface area (Å²) in [7, 11) is 1.46. The largest absolute Gasteiger partial charge is 0.472 e. The first kappa shape index (κ1) is 68.2. The molecule has 9 nitrogen and oxygen atoms in total. The molecule has 0 aromatic rings. The quantitative estimate of drug-likeness (QED) is 0.0211. The fourth-order valence-corrected chi connectivity index (χ4v) is 9.36. The molecule has 70 heavy (non-hydrogen) atoms. The topological polar surface area (TPSA) is 108 Å². The Bertz CT molecular complexity index is 1280. The molecule has 0 aromatic carbocycles. The van der Waals surface area contributed by atoms with Crippen molar-refractivity contribution >= 4 is 19.8 Å². The Morgan fingerprint density at radius 2 is 0.814 bits per heavy atom. The summed E-state index contributed by atoms with van der Waals surface area (Å²) in [6, 6.07) is 0. The molecular formula is C60H115NO8P+. The Balaban J connectivity index is 3.94. The summed E-state index contributed by atoms with van der Waals surface area (Å²) in [5.74, 6) is -0.822. The predicted octanol–water partition coefficient (Wildman–Crippen LogP) is 18.4. The van der Waals surface area contributed by atoms with Gasteiger partial charge >= 0.3 is 19.8 Å². The zero-order chi connectivity index (χ0) is 51.3. The smallest absolute Gasteiger partial charge is 0.462 e. The van der Waals surface area contributed by atoms with E-state index >= 15 is 0 Å². The van der Waals surface area contributed by atoms with E-state index in [1.165, 1.54) is 193 Å². The van der Waals surface area contributed by atoms with Crippen molar-refractivity contribution < 1.29 is 42.1 Å². The molecule has 0 saturated heterocycles. The number of rotatable bonds is 55. The van der Waals surface area contributed by atoms with Crippen LogP contribution in [0.5, 0.6) is 0 Å². The molecule has 0 rings (SSSR count). The number of hydrogen-bond acceptors (Lipinski definition) is 7. The Hall–Kier alpha value is -1.77. The highest BCUT2D eigenvalue weighted by Crippen LogP contribution is 2.43.